The summed E-state index contributed by atoms with van der Waals surface area (Å²) in [6, 6.07) is 7.41. The quantitative estimate of drug-likeness (QED) is 0.699. The van der Waals surface area contributed by atoms with Crippen LogP contribution in [-0.4, -0.2) is 61.3 Å². The Morgan fingerprint density at radius 2 is 1.88 bits per heavy atom. The molecule has 6 nitrogen and oxygen atoms in total. The van der Waals surface area contributed by atoms with Crippen molar-refractivity contribution in [2.24, 2.45) is 11.3 Å². The van der Waals surface area contributed by atoms with Gasteiger partial charge in [0.05, 0.1) is 6.10 Å². The zero-order valence-corrected chi connectivity index (χ0v) is 20.5. The van der Waals surface area contributed by atoms with Gasteiger partial charge in [0, 0.05) is 57.0 Å². The first-order chi connectivity index (χ1) is 16.5. The average molecular weight is 464 g/mol. The van der Waals surface area contributed by atoms with Gasteiger partial charge in [0.2, 0.25) is 5.91 Å². The van der Waals surface area contributed by atoms with Crippen molar-refractivity contribution in [1.82, 2.24) is 9.88 Å². The Balaban J connectivity index is 1.12. The van der Waals surface area contributed by atoms with E-state index in [9.17, 15) is 4.79 Å². The molecule has 2 aliphatic heterocycles. The fourth-order valence-corrected chi connectivity index (χ4v) is 6.76. The lowest BCUT2D eigenvalue weighted by Crippen LogP contribution is -2.56. The predicted octanol–water partition coefficient (Wildman–Crippen LogP) is 4.66. The Hall–Kier alpha value is -2.02. The molecule has 1 aromatic carbocycles. The number of aromatic nitrogens is 1. The molecule has 1 spiro atoms. The van der Waals surface area contributed by atoms with Crippen molar-refractivity contribution in [2.75, 3.05) is 38.7 Å². The highest BCUT2D eigenvalue weighted by Gasteiger charge is 2.58. The number of amides is 1. The highest BCUT2D eigenvalue weighted by molar-refractivity contribution is 5.96. The molecule has 6 heteroatoms. The summed E-state index contributed by atoms with van der Waals surface area (Å²) < 4.78 is 10.9. The lowest BCUT2D eigenvalue weighted by atomic mass is 9.78. The third-order valence-electron chi connectivity index (χ3n) is 9.22. The number of anilines is 1. The lowest BCUT2D eigenvalue weighted by Gasteiger charge is -2.46. The van der Waals surface area contributed by atoms with E-state index in [0.717, 1.165) is 57.0 Å². The van der Waals surface area contributed by atoms with Crippen LogP contribution in [0.25, 0.3) is 10.8 Å². The van der Waals surface area contributed by atoms with Crippen LogP contribution in [-0.2, 0) is 14.3 Å². The summed E-state index contributed by atoms with van der Waals surface area (Å²) in [4.78, 5) is 20.1. The van der Waals surface area contributed by atoms with Crippen LogP contribution in [0.2, 0.25) is 0 Å². The van der Waals surface area contributed by atoms with Crippen molar-refractivity contribution in [3.05, 3.63) is 35.5 Å². The number of pyridine rings is 1. The first-order valence-corrected chi connectivity index (χ1v) is 13.1. The molecule has 2 saturated heterocycles. The van der Waals surface area contributed by atoms with Crippen LogP contribution in [0.4, 0.5) is 5.82 Å². The molecular weight excluding hydrogens is 426 g/mol. The number of carbonyl (C=O) groups is 1. The van der Waals surface area contributed by atoms with Gasteiger partial charge < -0.3 is 14.8 Å². The zero-order chi connectivity index (χ0) is 23.3. The van der Waals surface area contributed by atoms with Crippen LogP contribution in [0, 0.1) is 18.3 Å². The minimum absolute atomic E-state index is 0.114. The van der Waals surface area contributed by atoms with Crippen molar-refractivity contribution in [3.8, 4) is 0 Å². The summed E-state index contributed by atoms with van der Waals surface area (Å²) in [5, 5.41) is 5.44. The maximum absolute atomic E-state index is 12.9. The molecule has 4 aliphatic rings. The maximum atomic E-state index is 12.9. The Morgan fingerprint density at radius 3 is 2.62 bits per heavy atom. The van der Waals surface area contributed by atoms with Crippen LogP contribution < -0.4 is 5.32 Å². The number of likely N-dealkylation sites (tertiary alicyclic amines) is 1. The maximum Gasteiger partial charge on any atom is 0.229 e. The Bertz CT molecular complexity index is 1070. The highest BCUT2D eigenvalue weighted by atomic mass is 16.5. The van der Waals surface area contributed by atoms with Gasteiger partial charge in [0.1, 0.15) is 5.82 Å². The lowest BCUT2D eigenvalue weighted by molar-refractivity contribution is -0.118. The predicted molar refractivity (Wildman–Crippen MR) is 133 cm³/mol. The topological polar surface area (TPSA) is 63.7 Å². The van der Waals surface area contributed by atoms with Gasteiger partial charge in [-0.3, -0.25) is 9.69 Å². The van der Waals surface area contributed by atoms with Crippen molar-refractivity contribution in [2.45, 2.75) is 69.9 Å². The molecule has 1 atom stereocenters. The minimum Gasteiger partial charge on any atom is -0.381 e. The summed E-state index contributed by atoms with van der Waals surface area (Å²) in [6.45, 7) is 5.99. The molecule has 34 heavy (non-hydrogen) atoms. The van der Waals surface area contributed by atoms with Gasteiger partial charge in [-0.2, -0.15) is 0 Å². The molecule has 182 valence electrons. The van der Waals surface area contributed by atoms with Gasteiger partial charge in [-0.1, -0.05) is 6.07 Å². The molecule has 0 radical (unpaired) electrons. The van der Waals surface area contributed by atoms with E-state index in [2.05, 4.69) is 40.3 Å². The van der Waals surface area contributed by atoms with E-state index < -0.39 is 0 Å². The van der Waals surface area contributed by atoms with Gasteiger partial charge >= 0.3 is 0 Å². The number of ether oxygens (including phenoxy) is 2. The number of nitrogens with one attached hydrogen (secondary N) is 1. The molecule has 2 aromatic rings. The minimum atomic E-state index is 0.114. The van der Waals surface area contributed by atoms with E-state index in [1.165, 1.54) is 42.2 Å². The fraction of sp³-hybridized carbons (Fsp3) is 0.643. The largest absolute Gasteiger partial charge is 0.381 e. The van der Waals surface area contributed by atoms with Gasteiger partial charge in [0.15, 0.2) is 0 Å². The number of aryl methyl sites for hydroxylation is 1. The molecule has 2 saturated carbocycles. The van der Waals surface area contributed by atoms with Crippen LogP contribution >= 0.6 is 0 Å². The fourth-order valence-electron chi connectivity index (χ4n) is 6.76. The summed E-state index contributed by atoms with van der Waals surface area (Å²) in [6.07, 6.45) is 10.4. The number of carbonyl (C=O) groups excluding carboxylic acids is 1. The second-order valence-electron chi connectivity index (χ2n) is 11.2. The average Bonchev–Trinajstić information content (AvgIpc) is 3.52. The second kappa shape index (κ2) is 8.89. The number of hydrogen-bond acceptors (Lipinski definition) is 5. The van der Waals surface area contributed by atoms with Gasteiger partial charge in [0.25, 0.3) is 0 Å². The SMILES string of the molecule is COC1CN(C2CCC(c3cc4cc(NC(=O)C5CC56CCOCC6)ncc4cc3C)CC2)C1. The first-order valence-electron chi connectivity index (χ1n) is 13.1. The van der Waals surface area contributed by atoms with Crippen molar-refractivity contribution in [1.29, 1.82) is 0 Å². The number of nitrogens with zero attached hydrogens (tertiary/aromatic N) is 2. The zero-order valence-electron chi connectivity index (χ0n) is 20.5. The molecule has 3 heterocycles. The molecule has 1 unspecified atom stereocenters. The third-order valence-corrected chi connectivity index (χ3v) is 9.22. The van der Waals surface area contributed by atoms with Crippen LogP contribution in [0.5, 0.6) is 0 Å². The second-order valence-corrected chi connectivity index (χ2v) is 11.2. The van der Waals surface area contributed by atoms with E-state index in [1.54, 1.807) is 0 Å². The van der Waals surface area contributed by atoms with Crippen LogP contribution in [0.15, 0.2) is 24.4 Å². The van der Waals surface area contributed by atoms with E-state index in [-0.39, 0.29) is 17.2 Å². The number of methoxy groups -OCH3 is 1. The number of rotatable bonds is 5. The number of fused-ring (bicyclic) bond motifs is 1. The monoisotopic (exact) mass is 463 g/mol. The molecule has 6 rings (SSSR count). The molecule has 0 bridgehead atoms. The Kier molecular flexibility index (Phi) is 5.87. The summed E-state index contributed by atoms with van der Waals surface area (Å²) >= 11 is 0. The van der Waals surface area contributed by atoms with Crippen molar-refractivity contribution in [3.63, 3.8) is 0 Å². The van der Waals surface area contributed by atoms with E-state index in [1.807, 2.05) is 13.3 Å². The Labute approximate surface area is 202 Å². The van der Waals surface area contributed by atoms with Crippen molar-refractivity contribution < 1.29 is 14.3 Å². The number of benzene rings is 1. The van der Waals surface area contributed by atoms with Crippen molar-refractivity contribution >= 4 is 22.5 Å². The van der Waals surface area contributed by atoms with E-state index in [0.29, 0.717) is 17.8 Å². The summed E-state index contributed by atoms with van der Waals surface area (Å²) in [5.41, 5.74) is 3.01. The Morgan fingerprint density at radius 1 is 1.12 bits per heavy atom. The van der Waals surface area contributed by atoms with Crippen LogP contribution in [0.1, 0.15) is 62.0 Å². The molecule has 1 aromatic heterocycles. The highest BCUT2D eigenvalue weighted by Crippen LogP contribution is 2.59. The van der Waals surface area contributed by atoms with E-state index >= 15 is 0 Å². The van der Waals surface area contributed by atoms with Crippen LogP contribution in [0.3, 0.4) is 0 Å². The molecule has 4 fully saturated rings. The standard InChI is InChI=1S/C28H37N3O3/c1-18-11-21-15-29-26(30-27(32)25-14-28(25)7-9-34-10-8-28)13-20(21)12-24(18)19-3-5-22(6-4-19)31-16-23(17-31)33-2/h11-13,15,19,22-23,25H,3-10,14,16-17H2,1-2H3,(H,29,30,32). The third kappa shape index (κ3) is 4.14. The van der Waals surface area contributed by atoms with Gasteiger partial charge in [-0.25, -0.2) is 4.98 Å². The van der Waals surface area contributed by atoms with Gasteiger partial charge in [-0.05, 0) is 91.8 Å². The molecular formula is C28H37N3O3. The van der Waals surface area contributed by atoms with Gasteiger partial charge in [-0.15, -0.1) is 0 Å². The summed E-state index contributed by atoms with van der Waals surface area (Å²) in [5.74, 6) is 1.53. The van der Waals surface area contributed by atoms with E-state index in [4.69, 9.17) is 9.47 Å². The molecule has 1 N–H and O–H groups in total. The smallest absolute Gasteiger partial charge is 0.229 e. The molecule has 2 aliphatic carbocycles. The normalized spacial score (nSPS) is 29.2. The first kappa shape index (κ1) is 22.4. The molecule has 1 amide bonds. The summed E-state index contributed by atoms with van der Waals surface area (Å²) in [7, 11) is 1.82. The number of hydrogen-bond donors (Lipinski definition) is 1.